The Morgan fingerprint density at radius 1 is 1.12 bits per heavy atom. The molecule has 0 bridgehead atoms. The van der Waals surface area contributed by atoms with E-state index in [1.165, 1.54) is 0 Å². The zero-order valence-corrected chi connectivity index (χ0v) is 9.93. The molecule has 2 rings (SSSR count). The molecule has 0 spiro atoms. The van der Waals surface area contributed by atoms with Gasteiger partial charge in [0.15, 0.2) is 0 Å². The van der Waals surface area contributed by atoms with Gasteiger partial charge in [-0.15, -0.1) is 0 Å². The maximum absolute atomic E-state index is 6.38. The van der Waals surface area contributed by atoms with Crippen LogP contribution >= 0.6 is 0 Å². The van der Waals surface area contributed by atoms with Crippen molar-refractivity contribution in [2.45, 2.75) is 31.3 Å². The third-order valence-electron chi connectivity index (χ3n) is 3.07. The van der Waals surface area contributed by atoms with E-state index in [0.717, 1.165) is 11.5 Å². The molecule has 1 unspecified atom stereocenters. The Morgan fingerprint density at radius 3 is 1.88 bits per heavy atom. The first-order valence-corrected chi connectivity index (χ1v) is 5.69. The lowest BCUT2D eigenvalue weighted by molar-refractivity contribution is 0.306. The van der Waals surface area contributed by atoms with E-state index < -0.39 is 5.54 Å². The number of hydrogen-bond acceptors (Lipinski definition) is 4. The summed E-state index contributed by atoms with van der Waals surface area (Å²) in [6.45, 7) is 1.91. The Balaban J connectivity index is 2.14. The molecule has 0 saturated carbocycles. The first-order valence-electron chi connectivity index (χ1n) is 5.69. The fourth-order valence-corrected chi connectivity index (χ4v) is 1.86. The third kappa shape index (κ3) is 2.78. The zero-order valence-electron chi connectivity index (χ0n) is 9.93. The maximum Gasteiger partial charge on any atom is 0.105 e. The summed E-state index contributed by atoms with van der Waals surface area (Å²) in [5.74, 6) is 1.69. The topological polar surface area (TPSA) is 78.3 Å². The van der Waals surface area contributed by atoms with Gasteiger partial charge in [-0.3, -0.25) is 0 Å². The fraction of sp³-hybridized carbons (Fsp3) is 0.385. The highest BCUT2D eigenvalue weighted by Crippen LogP contribution is 2.20. The molecule has 0 radical (unpaired) electrons. The predicted octanol–water partition coefficient (Wildman–Crippen LogP) is 1.70. The number of furan rings is 2. The standard InChI is InChI=1S/C13H18N2O2/c1-10(14)13(15,8-11-4-2-6-16-11)9-12-5-3-7-17-12/h2-7,10H,8-9,14-15H2,1H3. The Morgan fingerprint density at radius 2 is 1.59 bits per heavy atom. The van der Waals surface area contributed by atoms with Gasteiger partial charge in [0.25, 0.3) is 0 Å². The van der Waals surface area contributed by atoms with Crippen LogP contribution in [0, 0.1) is 0 Å². The molecule has 2 aromatic heterocycles. The first-order chi connectivity index (χ1) is 8.10. The van der Waals surface area contributed by atoms with Crippen molar-refractivity contribution < 1.29 is 8.83 Å². The van der Waals surface area contributed by atoms with Crippen LogP contribution in [0.5, 0.6) is 0 Å². The van der Waals surface area contributed by atoms with E-state index in [2.05, 4.69) is 0 Å². The van der Waals surface area contributed by atoms with Crippen molar-refractivity contribution in [1.82, 2.24) is 0 Å². The SMILES string of the molecule is CC(N)C(N)(Cc1ccco1)Cc1ccco1. The molecule has 0 saturated heterocycles. The van der Waals surface area contributed by atoms with E-state index in [9.17, 15) is 0 Å². The van der Waals surface area contributed by atoms with Gasteiger partial charge in [0.05, 0.1) is 12.5 Å². The zero-order chi connectivity index (χ0) is 12.3. The highest BCUT2D eigenvalue weighted by atomic mass is 16.3. The highest BCUT2D eigenvalue weighted by molar-refractivity contribution is 5.12. The van der Waals surface area contributed by atoms with Crippen LogP contribution in [0.3, 0.4) is 0 Å². The van der Waals surface area contributed by atoms with E-state index in [-0.39, 0.29) is 6.04 Å². The summed E-state index contributed by atoms with van der Waals surface area (Å²) in [7, 11) is 0. The van der Waals surface area contributed by atoms with Crippen molar-refractivity contribution in [3.8, 4) is 0 Å². The van der Waals surface area contributed by atoms with Crippen LogP contribution in [0.15, 0.2) is 45.6 Å². The molecule has 17 heavy (non-hydrogen) atoms. The van der Waals surface area contributed by atoms with Crippen LogP contribution in [0.2, 0.25) is 0 Å². The molecular weight excluding hydrogens is 216 g/mol. The molecule has 0 amide bonds. The monoisotopic (exact) mass is 234 g/mol. The van der Waals surface area contributed by atoms with Gasteiger partial charge < -0.3 is 20.3 Å². The summed E-state index contributed by atoms with van der Waals surface area (Å²) in [5, 5.41) is 0. The van der Waals surface area contributed by atoms with Crippen LogP contribution in [-0.2, 0) is 12.8 Å². The van der Waals surface area contributed by atoms with Crippen LogP contribution < -0.4 is 11.5 Å². The van der Waals surface area contributed by atoms with Gasteiger partial charge in [-0.2, -0.15) is 0 Å². The molecule has 4 nitrogen and oxygen atoms in total. The van der Waals surface area contributed by atoms with Crippen LogP contribution in [0.4, 0.5) is 0 Å². The van der Waals surface area contributed by atoms with Gasteiger partial charge in [-0.25, -0.2) is 0 Å². The summed E-state index contributed by atoms with van der Waals surface area (Å²) in [6, 6.07) is 7.36. The number of hydrogen-bond donors (Lipinski definition) is 2. The molecule has 0 aliphatic rings. The van der Waals surface area contributed by atoms with Gasteiger partial charge >= 0.3 is 0 Å². The van der Waals surface area contributed by atoms with Crippen LogP contribution in [0.1, 0.15) is 18.4 Å². The summed E-state index contributed by atoms with van der Waals surface area (Å²) < 4.78 is 10.7. The minimum absolute atomic E-state index is 0.155. The quantitative estimate of drug-likeness (QED) is 0.825. The fourth-order valence-electron chi connectivity index (χ4n) is 1.86. The average molecular weight is 234 g/mol. The van der Waals surface area contributed by atoms with Crippen molar-refractivity contribution in [2.75, 3.05) is 0 Å². The van der Waals surface area contributed by atoms with E-state index >= 15 is 0 Å². The van der Waals surface area contributed by atoms with Gasteiger partial charge in [-0.05, 0) is 31.2 Å². The normalized spacial score (nSPS) is 13.8. The van der Waals surface area contributed by atoms with Crippen molar-refractivity contribution >= 4 is 0 Å². The van der Waals surface area contributed by atoms with Crippen molar-refractivity contribution in [2.24, 2.45) is 11.5 Å². The largest absolute Gasteiger partial charge is 0.469 e. The lowest BCUT2D eigenvalue weighted by atomic mass is 9.84. The van der Waals surface area contributed by atoms with Crippen LogP contribution in [-0.4, -0.2) is 11.6 Å². The second-order valence-corrected chi connectivity index (χ2v) is 4.53. The molecule has 2 aromatic rings. The lowest BCUT2D eigenvalue weighted by Crippen LogP contribution is -2.57. The van der Waals surface area contributed by atoms with E-state index in [1.807, 2.05) is 31.2 Å². The Hall–Kier alpha value is -1.52. The first kappa shape index (κ1) is 12.0. The van der Waals surface area contributed by atoms with Crippen molar-refractivity contribution in [1.29, 1.82) is 0 Å². The summed E-state index contributed by atoms with van der Waals surface area (Å²) in [6.07, 6.45) is 4.48. The molecule has 2 heterocycles. The smallest absolute Gasteiger partial charge is 0.105 e. The molecule has 0 fully saturated rings. The summed E-state index contributed by atoms with van der Waals surface area (Å²) in [5.41, 5.74) is 11.8. The van der Waals surface area contributed by atoms with Crippen LogP contribution in [0.25, 0.3) is 0 Å². The van der Waals surface area contributed by atoms with E-state index in [1.54, 1.807) is 12.5 Å². The van der Waals surface area contributed by atoms with E-state index in [4.69, 9.17) is 20.3 Å². The van der Waals surface area contributed by atoms with E-state index in [0.29, 0.717) is 12.8 Å². The highest BCUT2D eigenvalue weighted by Gasteiger charge is 2.32. The minimum atomic E-state index is -0.560. The second kappa shape index (κ2) is 4.77. The molecule has 0 aromatic carbocycles. The Labute approximate surface area is 101 Å². The molecular formula is C13H18N2O2. The number of nitrogens with two attached hydrogens (primary N) is 2. The average Bonchev–Trinajstić information content (AvgIpc) is 2.90. The van der Waals surface area contributed by atoms with Crippen molar-refractivity contribution in [3.05, 3.63) is 48.3 Å². The Bertz CT molecular complexity index is 396. The molecule has 4 N–H and O–H groups in total. The predicted molar refractivity (Wildman–Crippen MR) is 65.4 cm³/mol. The molecule has 92 valence electrons. The molecule has 1 atom stereocenters. The van der Waals surface area contributed by atoms with Crippen molar-refractivity contribution in [3.63, 3.8) is 0 Å². The minimum Gasteiger partial charge on any atom is -0.469 e. The Kier molecular flexibility index (Phi) is 3.36. The summed E-state index contributed by atoms with van der Waals surface area (Å²) >= 11 is 0. The van der Waals surface area contributed by atoms with Gasteiger partial charge in [-0.1, -0.05) is 0 Å². The van der Waals surface area contributed by atoms with Gasteiger partial charge in [0.2, 0.25) is 0 Å². The lowest BCUT2D eigenvalue weighted by Gasteiger charge is -2.32. The molecule has 4 heteroatoms. The molecule has 0 aliphatic carbocycles. The maximum atomic E-state index is 6.38. The summed E-state index contributed by atoms with van der Waals surface area (Å²) in [4.78, 5) is 0. The van der Waals surface area contributed by atoms with Gasteiger partial charge in [0, 0.05) is 24.4 Å². The molecule has 0 aliphatic heterocycles. The number of rotatable bonds is 5. The third-order valence-corrected chi connectivity index (χ3v) is 3.07. The second-order valence-electron chi connectivity index (χ2n) is 4.53. The van der Waals surface area contributed by atoms with Gasteiger partial charge in [0.1, 0.15) is 11.5 Å².